The molecule has 0 spiro atoms. The lowest BCUT2D eigenvalue weighted by Crippen LogP contribution is -2.28. The molecule has 0 aliphatic rings. The number of carbonyl (C=O) groups excluding carboxylic acids is 1. The SMILES string of the molecule is CCn1ncc(Br)c1CN(C)C(=O)CCn1cc([N+](=O)[O-])c(C)n1. The number of hydrogen-bond acceptors (Lipinski definition) is 5. The standard InChI is InChI=1S/C14H19BrN6O3/c1-4-20-13(11(15)7-16-20)8-18(3)14(22)5-6-19-9-12(21(23)24)10(2)17-19/h7,9H,4-6,8H2,1-3H3. The van der Waals surface area contributed by atoms with Crippen LogP contribution in [0.3, 0.4) is 0 Å². The van der Waals surface area contributed by atoms with Crippen molar-refractivity contribution in [2.24, 2.45) is 0 Å². The molecule has 0 unspecified atom stereocenters. The third-order valence-corrected chi connectivity index (χ3v) is 4.34. The van der Waals surface area contributed by atoms with E-state index < -0.39 is 4.92 Å². The zero-order valence-electron chi connectivity index (χ0n) is 13.8. The van der Waals surface area contributed by atoms with Crippen molar-refractivity contribution in [2.45, 2.75) is 39.9 Å². The Morgan fingerprint density at radius 3 is 2.79 bits per heavy atom. The van der Waals surface area contributed by atoms with Crippen molar-refractivity contribution < 1.29 is 9.72 Å². The van der Waals surface area contributed by atoms with Gasteiger partial charge in [-0.3, -0.25) is 24.3 Å². The second-order valence-electron chi connectivity index (χ2n) is 5.37. The van der Waals surface area contributed by atoms with Gasteiger partial charge < -0.3 is 4.90 Å². The first-order chi connectivity index (χ1) is 11.3. The minimum Gasteiger partial charge on any atom is -0.340 e. The molecule has 2 aromatic rings. The second kappa shape index (κ2) is 7.56. The lowest BCUT2D eigenvalue weighted by Gasteiger charge is -2.18. The highest BCUT2D eigenvalue weighted by molar-refractivity contribution is 9.10. The molecule has 0 atom stereocenters. The van der Waals surface area contributed by atoms with Crippen molar-refractivity contribution in [1.29, 1.82) is 0 Å². The van der Waals surface area contributed by atoms with Crippen molar-refractivity contribution in [3.63, 3.8) is 0 Å². The Morgan fingerprint density at radius 1 is 1.50 bits per heavy atom. The van der Waals surface area contributed by atoms with Gasteiger partial charge in [0.15, 0.2) is 0 Å². The fourth-order valence-corrected chi connectivity index (χ4v) is 2.75. The van der Waals surface area contributed by atoms with Crippen LogP contribution in [-0.4, -0.2) is 42.3 Å². The van der Waals surface area contributed by atoms with Crippen LogP contribution in [0, 0.1) is 17.0 Å². The molecule has 0 saturated heterocycles. The number of hydrogen-bond donors (Lipinski definition) is 0. The topological polar surface area (TPSA) is 99.1 Å². The Morgan fingerprint density at radius 2 is 2.21 bits per heavy atom. The number of amides is 1. The molecule has 0 bridgehead atoms. The maximum absolute atomic E-state index is 12.3. The summed E-state index contributed by atoms with van der Waals surface area (Å²) in [6.07, 6.45) is 3.28. The first kappa shape index (κ1) is 18.1. The number of nitrogens with zero attached hydrogens (tertiary/aromatic N) is 6. The van der Waals surface area contributed by atoms with Gasteiger partial charge in [-0.25, -0.2) is 0 Å². The van der Waals surface area contributed by atoms with E-state index in [2.05, 4.69) is 26.1 Å². The lowest BCUT2D eigenvalue weighted by atomic mass is 10.3. The van der Waals surface area contributed by atoms with Crippen molar-refractivity contribution >= 4 is 27.5 Å². The zero-order valence-corrected chi connectivity index (χ0v) is 15.4. The van der Waals surface area contributed by atoms with Crippen molar-refractivity contribution in [3.05, 3.63) is 38.4 Å². The van der Waals surface area contributed by atoms with Crippen LogP contribution in [-0.2, 0) is 24.4 Å². The number of aryl methyl sites for hydroxylation is 3. The molecule has 0 aliphatic carbocycles. The zero-order chi connectivity index (χ0) is 17.9. The Labute approximate surface area is 147 Å². The average Bonchev–Trinajstić information content (AvgIpc) is 3.08. The predicted molar refractivity (Wildman–Crippen MR) is 90.3 cm³/mol. The Hall–Kier alpha value is -2.23. The Bertz CT molecular complexity index is 754. The van der Waals surface area contributed by atoms with Crippen LogP contribution < -0.4 is 0 Å². The van der Waals surface area contributed by atoms with E-state index in [1.54, 1.807) is 25.1 Å². The van der Waals surface area contributed by atoms with Crippen LogP contribution in [0.5, 0.6) is 0 Å². The second-order valence-corrected chi connectivity index (χ2v) is 6.23. The smallest absolute Gasteiger partial charge is 0.309 e. The van der Waals surface area contributed by atoms with Gasteiger partial charge >= 0.3 is 5.69 Å². The molecule has 10 heteroatoms. The summed E-state index contributed by atoms with van der Waals surface area (Å²) in [5, 5.41) is 19.1. The van der Waals surface area contributed by atoms with Crippen molar-refractivity contribution in [3.8, 4) is 0 Å². The highest BCUT2D eigenvalue weighted by Gasteiger charge is 2.18. The molecule has 2 rings (SSSR count). The third kappa shape index (κ3) is 3.99. The summed E-state index contributed by atoms with van der Waals surface area (Å²) in [6, 6.07) is 0. The molecule has 130 valence electrons. The Balaban J connectivity index is 1.95. The van der Waals surface area contributed by atoms with Gasteiger partial charge in [-0.15, -0.1) is 0 Å². The first-order valence-corrected chi connectivity index (χ1v) is 8.25. The van der Waals surface area contributed by atoms with Gasteiger partial charge in [0.2, 0.25) is 5.91 Å². The number of halogens is 1. The fraction of sp³-hybridized carbons (Fsp3) is 0.500. The maximum Gasteiger partial charge on any atom is 0.309 e. The van der Waals surface area contributed by atoms with Crippen LogP contribution in [0.15, 0.2) is 16.9 Å². The summed E-state index contributed by atoms with van der Waals surface area (Å²) in [5.41, 5.74) is 1.24. The Kier molecular flexibility index (Phi) is 5.71. The highest BCUT2D eigenvalue weighted by atomic mass is 79.9. The van der Waals surface area contributed by atoms with E-state index in [-0.39, 0.29) is 18.0 Å². The van der Waals surface area contributed by atoms with E-state index in [0.717, 1.165) is 16.7 Å². The summed E-state index contributed by atoms with van der Waals surface area (Å²) in [7, 11) is 1.72. The molecular weight excluding hydrogens is 380 g/mol. The van der Waals surface area contributed by atoms with Crippen molar-refractivity contribution in [1.82, 2.24) is 24.5 Å². The number of aromatic nitrogens is 4. The molecule has 0 fully saturated rings. The van der Waals surface area contributed by atoms with E-state index in [4.69, 9.17) is 0 Å². The fourth-order valence-electron chi connectivity index (χ4n) is 2.33. The van der Waals surface area contributed by atoms with Crippen LogP contribution in [0.1, 0.15) is 24.7 Å². The first-order valence-electron chi connectivity index (χ1n) is 7.46. The van der Waals surface area contributed by atoms with Gasteiger partial charge in [0.1, 0.15) is 11.9 Å². The number of nitro groups is 1. The minimum atomic E-state index is -0.476. The summed E-state index contributed by atoms with van der Waals surface area (Å²) in [5.74, 6) is -0.0680. The monoisotopic (exact) mass is 398 g/mol. The van der Waals surface area contributed by atoms with Gasteiger partial charge in [-0.2, -0.15) is 10.2 Å². The van der Waals surface area contributed by atoms with E-state index in [1.807, 2.05) is 11.6 Å². The quantitative estimate of drug-likeness (QED) is 0.525. The molecule has 9 nitrogen and oxygen atoms in total. The lowest BCUT2D eigenvalue weighted by molar-refractivity contribution is -0.385. The van der Waals surface area contributed by atoms with E-state index >= 15 is 0 Å². The van der Waals surface area contributed by atoms with Gasteiger partial charge in [0, 0.05) is 26.6 Å². The molecular formula is C14H19BrN6O3. The molecule has 2 heterocycles. The van der Waals surface area contributed by atoms with Crippen molar-refractivity contribution in [2.75, 3.05) is 7.05 Å². The molecule has 1 amide bonds. The molecule has 24 heavy (non-hydrogen) atoms. The van der Waals surface area contributed by atoms with Crippen LogP contribution >= 0.6 is 15.9 Å². The molecule has 0 aliphatic heterocycles. The van der Waals surface area contributed by atoms with Crippen LogP contribution in [0.2, 0.25) is 0 Å². The van der Waals surface area contributed by atoms with Gasteiger partial charge in [-0.05, 0) is 29.8 Å². The maximum atomic E-state index is 12.3. The molecule has 0 radical (unpaired) electrons. The molecule has 0 N–H and O–H groups in total. The summed E-state index contributed by atoms with van der Waals surface area (Å²) in [6.45, 7) is 5.01. The van der Waals surface area contributed by atoms with E-state index in [9.17, 15) is 14.9 Å². The number of rotatable bonds is 7. The summed E-state index contributed by atoms with van der Waals surface area (Å²) < 4.78 is 4.13. The third-order valence-electron chi connectivity index (χ3n) is 3.68. The molecule has 0 saturated carbocycles. The highest BCUT2D eigenvalue weighted by Crippen LogP contribution is 2.18. The van der Waals surface area contributed by atoms with E-state index in [1.165, 1.54) is 10.9 Å². The predicted octanol–water partition coefficient (Wildman–Crippen LogP) is 2.13. The number of carbonyl (C=O) groups is 1. The van der Waals surface area contributed by atoms with Gasteiger partial charge in [-0.1, -0.05) is 0 Å². The van der Waals surface area contributed by atoms with Gasteiger partial charge in [0.25, 0.3) is 0 Å². The average molecular weight is 399 g/mol. The van der Waals surface area contributed by atoms with Gasteiger partial charge in [0.05, 0.1) is 27.8 Å². The summed E-state index contributed by atoms with van der Waals surface area (Å²) in [4.78, 5) is 24.2. The molecule has 0 aromatic carbocycles. The minimum absolute atomic E-state index is 0.0356. The van der Waals surface area contributed by atoms with E-state index in [0.29, 0.717) is 18.8 Å². The van der Waals surface area contributed by atoms with Crippen LogP contribution in [0.4, 0.5) is 5.69 Å². The van der Waals surface area contributed by atoms with Crippen LogP contribution in [0.25, 0.3) is 0 Å². The molecule has 2 aromatic heterocycles. The summed E-state index contributed by atoms with van der Waals surface area (Å²) >= 11 is 3.44. The largest absolute Gasteiger partial charge is 0.340 e. The normalized spacial score (nSPS) is 10.8.